The van der Waals surface area contributed by atoms with Crippen LogP contribution >= 0.6 is 0 Å². The molecule has 3 aromatic rings. The summed E-state index contributed by atoms with van der Waals surface area (Å²) in [6.07, 6.45) is 5.42. The molecule has 2 aromatic heterocycles. The maximum atomic E-state index is 12.3. The van der Waals surface area contributed by atoms with E-state index in [1.54, 1.807) is 6.07 Å². The molecule has 1 aliphatic carbocycles. The van der Waals surface area contributed by atoms with Crippen molar-refractivity contribution in [3.63, 3.8) is 0 Å². The zero-order valence-electron chi connectivity index (χ0n) is 16.8. The molecule has 1 aliphatic heterocycles. The summed E-state index contributed by atoms with van der Waals surface area (Å²) in [5.41, 5.74) is 3.32. The van der Waals surface area contributed by atoms with Gasteiger partial charge in [0, 0.05) is 29.8 Å². The van der Waals surface area contributed by atoms with Gasteiger partial charge in [0.05, 0.1) is 23.2 Å². The Balaban J connectivity index is 1.46. The predicted octanol–water partition coefficient (Wildman–Crippen LogP) is 3.02. The Kier molecular flexibility index (Phi) is 4.31. The second-order valence-corrected chi connectivity index (χ2v) is 9.73. The van der Waals surface area contributed by atoms with E-state index in [1.165, 1.54) is 0 Å². The molecule has 3 heterocycles. The standard InChI is InChI=1S/C20H23N7O2S/c1-13-8-18(24-23-13)22-20-12-26(11-19-21-14(2)10-27(19)20)16-5-3-4-15(9-16)25-30(28,29)17-6-7-17/h3-5,8-10,12,17,25H,6-7,11H2,1-2H3,(H2,22,23,24). The third-order valence-electron chi connectivity index (χ3n) is 5.11. The number of hydrogen-bond acceptors (Lipinski definition) is 6. The second-order valence-electron chi connectivity index (χ2n) is 7.77. The normalized spacial score (nSPS) is 16.2. The monoisotopic (exact) mass is 425 g/mol. The Morgan fingerprint density at radius 2 is 2.03 bits per heavy atom. The van der Waals surface area contributed by atoms with Crippen LogP contribution in [-0.2, 0) is 16.6 Å². The molecule has 1 saturated carbocycles. The van der Waals surface area contributed by atoms with E-state index in [0.29, 0.717) is 18.1 Å². The van der Waals surface area contributed by atoms with Crippen LogP contribution in [-0.4, -0.2) is 33.4 Å². The zero-order chi connectivity index (χ0) is 20.9. The number of H-pyrrole nitrogens is 1. The Morgan fingerprint density at radius 3 is 2.77 bits per heavy atom. The maximum absolute atomic E-state index is 12.3. The van der Waals surface area contributed by atoms with Crippen molar-refractivity contribution in [2.24, 2.45) is 0 Å². The number of fused-ring (bicyclic) bond motifs is 1. The van der Waals surface area contributed by atoms with Crippen molar-refractivity contribution < 1.29 is 8.42 Å². The zero-order valence-corrected chi connectivity index (χ0v) is 17.6. The Labute approximate surface area is 174 Å². The average molecular weight is 426 g/mol. The van der Waals surface area contributed by atoms with Crippen LogP contribution in [0.2, 0.25) is 0 Å². The van der Waals surface area contributed by atoms with Gasteiger partial charge in [-0.2, -0.15) is 5.10 Å². The van der Waals surface area contributed by atoms with Gasteiger partial charge in [0.25, 0.3) is 0 Å². The van der Waals surface area contributed by atoms with E-state index >= 15 is 0 Å². The smallest absolute Gasteiger partial charge is 0.235 e. The highest BCUT2D eigenvalue weighted by Gasteiger charge is 2.35. The largest absolute Gasteiger partial charge is 0.337 e. The SMILES string of the molecule is Cc1cn2c(n1)CN(c1cccc(NS(=O)(=O)C3CC3)c1)C=C2Nc1cc(C)[nH]n1. The van der Waals surface area contributed by atoms with Gasteiger partial charge in [-0.25, -0.2) is 13.4 Å². The van der Waals surface area contributed by atoms with Crippen molar-refractivity contribution in [3.05, 3.63) is 59.9 Å². The number of aromatic amines is 1. The van der Waals surface area contributed by atoms with Gasteiger partial charge in [0.1, 0.15) is 11.6 Å². The lowest BCUT2D eigenvalue weighted by Crippen LogP contribution is -2.27. The van der Waals surface area contributed by atoms with Crippen molar-refractivity contribution in [1.29, 1.82) is 0 Å². The van der Waals surface area contributed by atoms with Crippen LogP contribution in [0.25, 0.3) is 5.82 Å². The fourth-order valence-electron chi connectivity index (χ4n) is 3.52. The highest BCUT2D eigenvalue weighted by Crippen LogP contribution is 2.32. The molecule has 156 valence electrons. The first-order valence-corrected chi connectivity index (χ1v) is 11.4. The Morgan fingerprint density at radius 1 is 1.20 bits per heavy atom. The highest BCUT2D eigenvalue weighted by molar-refractivity contribution is 7.93. The number of nitrogens with zero attached hydrogens (tertiary/aromatic N) is 4. The van der Waals surface area contributed by atoms with Crippen LogP contribution in [0.15, 0.2) is 42.7 Å². The summed E-state index contributed by atoms with van der Waals surface area (Å²) in [6, 6.07) is 9.35. The topological polar surface area (TPSA) is 108 Å². The van der Waals surface area contributed by atoms with Gasteiger partial charge < -0.3 is 10.2 Å². The summed E-state index contributed by atoms with van der Waals surface area (Å²) in [6.45, 7) is 4.47. The van der Waals surface area contributed by atoms with Crippen LogP contribution in [0.1, 0.15) is 30.1 Å². The molecular formula is C20H23N7O2S. The van der Waals surface area contributed by atoms with E-state index < -0.39 is 10.0 Å². The highest BCUT2D eigenvalue weighted by atomic mass is 32.2. The molecule has 0 bridgehead atoms. The van der Waals surface area contributed by atoms with Crippen LogP contribution in [0, 0.1) is 13.8 Å². The quantitative estimate of drug-likeness (QED) is 0.560. The lowest BCUT2D eigenvalue weighted by molar-refractivity contribution is 0.600. The van der Waals surface area contributed by atoms with Crippen molar-refractivity contribution >= 4 is 33.0 Å². The molecule has 10 heteroatoms. The third-order valence-corrected chi connectivity index (χ3v) is 6.98. The lowest BCUT2D eigenvalue weighted by Gasteiger charge is -2.28. The maximum Gasteiger partial charge on any atom is 0.235 e. The predicted molar refractivity (Wildman–Crippen MR) is 116 cm³/mol. The van der Waals surface area contributed by atoms with Crippen LogP contribution < -0.4 is 14.9 Å². The van der Waals surface area contributed by atoms with Crippen molar-refractivity contribution in [2.45, 2.75) is 38.5 Å². The van der Waals surface area contributed by atoms with Crippen molar-refractivity contribution in [1.82, 2.24) is 19.7 Å². The molecule has 0 spiro atoms. The molecule has 0 saturated heterocycles. The van der Waals surface area contributed by atoms with E-state index in [1.807, 2.05) is 60.0 Å². The number of rotatable bonds is 6. The minimum Gasteiger partial charge on any atom is -0.337 e. The lowest BCUT2D eigenvalue weighted by atomic mass is 10.2. The summed E-state index contributed by atoms with van der Waals surface area (Å²) < 4.78 is 29.3. The molecule has 0 amide bonds. The van der Waals surface area contributed by atoms with E-state index in [0.717, 1.165) is 41.6 Å². The van der Waals surface area contributed by atoms with Gasteiger partial charge in [-0.05, 0) is 44.9 Å². The summed E-state index contributed by atoms with van der Waals surface area (Å²) in [5.74, 6) is 2.41. The molecule has 1 fully saturated rings. The summed E-state index contributed by atoms with van der Waals surface area (Å²) in [5, 5.41) is 10.3. The van der Waals surface area contributed by atoms with Crippen LogP contribution in [0.5, 0.6) is 0 Å². The van der Waals surface area contributed by atoms with E-state index in [-0.39, 0.29) is 5.25 Å². The summed E-state index contributed by atoms with van der Waals surface area (Å²) >= 11 is 0. The molecule has 0 atom stereocenters. The first kappa shape index (κ1) is 18.7. The van der Waals surface area contributed by atoms with E-state index in [9.17, 15) is 8.42 Å². The third kappa shape index (κ3) is 3.65. The van der Waals surface area contributed by atoms with Gasteiger partial charge >= 0.3 is 0 Å². The minimum atomic E-state index is -3.31. The number of imidazole rings is 1. The number of hydrogen-bond donors (Lipinski definition) is 3. The van der Waals surface area contributed by atoms with E-state index in [2.05, 4.69) is 25.2 Å². The first-order valence-electron chi connectivity index (χ1n) is 9.82. The van der Waals surface area contributed by atoms with Gasteiger partial charge in [0.15, 0.2) is 5.82 Å². The summed E-state index contributed by atoms with van der Waals surface area (Å²) in [4.78, 5) is 6.68. The fourth-order valence-corrected chi connectivity index (χ4v) is 4.90. The molecular weight excluding hydrogens is 402 g/mol. The molecule has 2 aliphatic rings. The van der Waals surface area contributed by atoms with Crippen LogP contribution in [0.3, 0.4) is 0 Å². The van der Waals surface area contributed by atoms with Gasteiger partial charge in [-0.1, -0.05) is 6.07 Å². The van der Waals surface area contributed by atoms with Gasteiger partial charge in [0.2, 0.25) is 10.0 Å². The molecule has 3 N–H and O–H groups in total. The number of nitrogens with one attached hydrogen (secondary N) is 3. The average Bonchev–Trinajstić information content (AvgIpc) is 3.39. The molecule has 9 nitrogen and oxygen atoms in total. The first-order chi connectivity index (χ1) is 14.4. The molecule has 0 radical (unpaired) electrons. The molecule has 0 unspecified atom stereocenters. The number of benzene rings is 1. The Bertz CT molecular complexity index is 1240. The molecule has 5 rings (SSSR count). The van der Waals surface area contributed by atoms with Crippen LogP contribution in [0.4, 0.5) is 17.2 Å². The number of aromatic nitrogens is 4. The van der Waals surface area contributed by atoms with Gasteiger partial charge in [-0.3, -0.25) is 14.4 Å². The number of sulfonamides is 1. The van der Waals surface area contributed by atoms with Crippen molar-refractivity contribution in [2.75, 3.05) is 14.9 Å². The Hall–Kier alpha value is -3.27. The van der Waals surface area contributed by atoms with Crippen molar-refractivity contribution in [3.8, 4) is 0 Å². The number of anilines is 3. The van der Waals surface area contributed by atoms with Gasteiger partial charge in [-0.15, -0.1) is 0 Å². The fraction of sp³-hybridized carbons (Fsp3) is 0.300. The second kappa shape index (κ2) is 6.91. The minimum absolute atomic E-state index is 0.264. The summed E-state index contributed by atoms with van der Waals surface area (Å²) in [7, 11) is -3.31. The molecule has 30 heavy (non-hydrogen) atoms. The number of aryl methyl sites for hydroxylation is 2. The molecule has 1 aromatic carbocycles. The van der Waals surface area contributed by atoms with E-state index in [4.69, 9.17) is 0 Å².